The van der Waals surface area contributed by atoms with Gasteiger partial charge in [0.25, 0.3) is 0 Å². The number of benzene rings is 1. The molecule has 0 aromatic heterocycles. The molecule has 1 nitrogen and oxygen atoms in total. The quantitative estimate of drug-likeness (QED) is 0.851. The number of rotatable bonds is 2. The highest BCUT2D eigenvalue weighted by atomic mass is 79.9. The van der Waals surface area contributed by atoms with E-state index in [4.69, 9.17) is 5.11 Å². The molecule has 72 valence electrons. The van der Waals surface area contributed by atoms with E-state index in [1.165, 1.54) is 0 Å². The Morgan fingerprint density at radius 1 is 1.46 bits per heavy atom. The topological polar surface area (TPSA) is 20.2 Å². The van der Waals surface area contributed by atoms with Gasteiger partial charge >= 0.3 is 0 Å². The highest BCUT2D eigenvalue weighted by molar-refractivity contribution is 9.10. The van der Waals surface area contributed by atoms with Crippen molar-refractivity contribution in [2.45, 2.75) is 20.3 Å². The van der Waals surface area contributed by atoms with Crippen molar-refractivity contribution in [1.82, 2.24) is 0 Å². The zero-order valence-electron chi connectivity index (χ0n) is 7.69. The van der Waals surface area contributed by atoms with E-state index in [-0.39, 0.29) is 12.4 Å². The Morgan fingerprint density at radius 2 is 2.08 bits per heavy atom. The summed E-state index contributed by atoms with van der Waals surface area (Å²) in [7, 11) is 0. The normalized spacial score (nSPS) is 10.5. The van der Waals surface area contributed by atoms with Crippen molar-refractivity contribution in [3.05, 3.63) is 33.0 Å². The minimum Gasteiger partial charge on any atom is -0.396 e. The van der Waals surface area contributed by atoms with Gasteiger partial charge in [-0.15, -0.1) is 0 Å². The Hall–Kier alpha value is -0.410. The molecule has 0 aliphatic carbocycles. The van der Waals surface area contributed by atoms with Gasteiger partial charge < -0.3 is 5.11 Å². The van der Waals surface area contributed by atoms with Gasteiger partial charge in [-0.05, 0) is 59.0 Å². The second-order valence-electron chi connectivity index (χ2n) is 3.07. The summed E-state index contributed by atoms with van der Waals surface area (Å²) >= 11 is 3.14. The number of aliphatic hydroxyl groups excluding tert-OH is 1. The van der Waals surface area contributed by atoms with E-state index in [0.717, 1.165) is 11.1 Å². The van der Waals surface area contributed by atoms with Gasteiger partial charge in [-0.2, -0.15) is 0 Å². The lowest BCUT2D eigenvalue weighted by molar-refractivity contribution is 0.297. The number of hydrogen-bond acceptors (Lipinski definition) is 1. The van der Waals surface area contributed by atoms with Gasteiger partial charge in [0.05, 0.1) is 4.47 Å². The van der Waals surface area contributed by atoms with E-state index < -0.39 is 0 Å². The SMILES string of the molecule is Cc1cc(Br)c(F)c(CCO)c1C. The Kier molecular flexibility index (Phi) is 3.45. The van der Waals surface area contributed by atoms with Gasteiger partial charge in [0.15, 0.2) is 0 Å². The molecular weight excluding hydrogens is 235 g/mol. The first-order valence-corrected chi connectivity index (χ1v) is 4.92. The fourth-order valence-corrected chi connectivity index (χ4v) is 1.90. The zero-order valence-corrected chi connectivity index (χ0v) is 9.28. The first-order valence-electron chi connectivity index (χ1n) is 4.13. The molecule has 1 aromatic rings. The average molecular weight is 247 g/mol. The fourth-order valence-electron chi connectivity index (χ4n) is 1.32. The van der Waals surface area contributed by atoms with Crippen LogP contribution in [0.1, 0.15) is 16.7 Å². The van der Waals surface area contributed by atoms with Gasteiger partial charge in [-0.25, -0.2) is 4.39 Å². The zero-order chi connectivity index (χ0) is 10.0. The fraction of sp³-hybridized carbons (Fsp3) is 0.400. The van der Waals surface area contributed by atoms with Crippen LogP contribution in [0.25, 0.3) is 0 Å². The van der Waals surface area contributed by atoms with E-state index in [9.17, 15) is 4.39 Å². The average Bonchev–Trinajstić information content (AvgIpc) is 2.09. The van der Waals surface area contributed by atoms with E-state index in [1.54, 1.807) is 6.07 Å². The Balaban J connectivity index is 3.28. The lowest BCUT2D eigenvalue weighted by Gasteiger charge is -2.10. The van der Waals surface area contributed by atoms with Crippen molar-refractivity contribution < 1.29 is 9.50 Å². The summed E-state index contributed by atoms with van der Waals surface area (Å²) in [6.07, 6.45) is 0.373. The highest BCUT2D eigenvalue weighted by Crippen LogP contribution is 2.25. The van der Waals surface area contributed by atoms with Crippen LogP contribution in [-0.4, -0.2) is 11.7 Å². The second-order valence-corrected chi connectivity index (χ2v) is 3.92. The lowest BCUT2D eigenvalue weighted by Crippen LogP contribution is -2.01. The Labute approximate surface area is 85.7 Å². The van der Waals surface area contributed by atoms with Crippen molar-refractivity contribution in [1.29, 1.82) is 0 Å². The molecule has 0 saturated heterocycles. The first kappa shape index (κ1) is 10.7. The van der Waals surface area contributed by atoms with Gasteiger partial charge in [-0.3, -0.25) is 0 Å². The number of aliphatic hydroxyl groups is 1. The summed E-state index contributed by atoms with van der Waals surface area (Å²) in [5.74, 6) is -0.253. The third kappa shape index (κ3) is 2.09. The van der Waals surface area contributed by atoms with Crippen LogP contribution in [0.3, 0.4) is 0 Å². The number of halogens is 2. The molecule has 0 fully saturated rings. The van der Waals surface area contributed by atoms with Crippen molar-refractivity contribution in [2.75, 3.05) is 6.61 Å². The van der Waals surface area contributed by atoms with Crippen molar-refractivity contribution in [3.8, 4) is 0 Å². The van der Waals surface area contributed by atoms with Crippen LogP contribution in [0, 0.1) is 19.7 Å². The van der Waals surface area contributed by atoms with Crippen molar-refractivity contribution in [3.63, 3.8) is 0 Å². The van der Waals surface area contributed by atoms with E-state index in [2.05, 4.69) is 15.9 Å². The van der Waals surface area contributed by atoms with E-state index >= 15 is 0 Å². The summed E-state index contributed by atoms with van der Waals surface area (Å²) in [4.78, 5) is 0. The minimum atomic E-state index is -0.253. The first-order chi connectivity index (χ1) is 6.07. The van der Waals surface area contributed by atoms with Gasteiger partial charge in [0.2, 0.25) is 0 Å². The molecule has 0 aliphatic rings. The maximum atomic E-state index is 13.5. The molecule has 0 amide bonds. The molecule has 0 saturated carbocycles. The lowest BCUT2D eigenvalue weighted by atomic mass is 10.0. The van der Waals surface area contributed by atoms with Crippen molar-refractivity contribution in [2.24, 2.45) is 0 Å². The summed E-state index contributed by atoms with van der Waals surface area (Å²) < 4.78 is 13.9. The molecule has 0 radical (unpaired) electrons. The summed E-state index contributed by atoms with van der Waals surface area (Å²) in [6, 6.07) is 1.76. The molecule has 13 heavy (non-hydrogen) atoms. The van der Waals surface area contributed by atoms with Gasteiger partial charge in [-0.1, -0.05) is 0 Å². The molecule has 0 unspecified atom stereocenters. The molecule has 0 bridgehead atoms. The summed E-state index contributed by atoms with van der Waals surface area (Å²) in [6.45, 7) is 3.78. The Morgan fingerprint density at radius 3 is 2.62 bits per heavy atom. The molecule has 0 aliphatic heterocycles. The standard InChI is InChI=1S/C10H12BrFO/c1-6-5-9(11)10(12)8(3-4-13)7(6)2/h5,13H,3-4H2,1-2H3. The van der Waals surface area contributed by atoms with Crippen LogP contribution in [0.4, 0.5) is 4.39 Å². The smallest absolute Gasteiger partial charge is 0.140 e. The molecule has 0 heterocycles. The third-order valence-corrected chi connectivity index (χ3v) is 2.80. The monoisotopic (exact) mass is 246 g/mol. The molecule has 1 N–H and O–H groups in total. The van der Waals surface area contributed by atoms with Crippen LogP contribution < -0.4 is 0 Å². The largest absolute Gasteiger partial charge is 0.396 e. The van der Waals surface area contributed by atoms with Crippen LogP contribution in [0.2, 0.25) is 0 Å². The molecule has 1 rings (SSSR count). The number of aryl methyl sites for hydroxylation is 1. The van der Waals surface area contributed by atoms with Crippen molar-refractivity contribution >= 4 is 15.9 Å². The van der Waals surface area contributed by atoms with Gasteiger partial charge in [0, 0.05) is 6.61 Å². The molecule has 0 spiro atoms. The second kappa shape index (κ2) is 4.20. The molecular formula is C10H12BrFO. The summed E-state index contributed by atoms with van der Waals surface area (Å²) in [5.41, 5.74) is 2.57. The van der Waals surface area contributed by atoms with Gasteiger partial charge in [0.1, 0.15) is 5.82 Å². The highest BCUT2D eigenvalue weighted by Gasteiger charge is 2.11. The third-order valence-electron chi connectivity index (χ3n) is 2.22. The predicted molar refractivity (Wildman–Crippen MR) is 54.4 cm³/mol. The molecule has 0 atom stereocenters. The maximum Gasteiger partial charge on any atom is 0.140 e. The number of hydrogen-bond donors (Lipinski definition) is 1. The summed E-state index contributed by atoms with van der Waals surface area (Å²) in [5, 5.41) is 8.77. The van der Waals surface area contributed by atoms with Crippen LogP contribution in [-0.2, 0) is 6.42 Å². The molecule has 1 aromatic carbocycles. The molecule has 3 heteroatoms. The Bertz CT molecular complexity index is 297. The van der Waals surface area contributed by atoms with Crippen LogP contribution in [0.15, 0.2) is 10.5 Å². The van der Waals surface area contributed by atoms with Crippen LogP contribution in [0.5, 0.6) is 0 Å². The van der Waals surface area contributed by atoms with E-state index in [0.29, 0.717) is 16.5 Å². The maximum absolute atomic E-state index is 13.5. The predicted octanol–water partition coefficient (Wildman–Crippen LogP) is 2.74. The van der Waals surface area contributed by atoms with E-state index in [1.807, 2.05) is 13.8 Å². The minimum absolute atomic E-state index is 0.0202. The van der Waals surface area contributed by atoms with Crippen LogP contribution >= 0.6 is 15.9 Å².